The molecule has 1 aromatic heterocycles. The van der Waals surface area contributed by atoms with Gasteiger partial charge in [0.25, 0.3) is 0 Å². The first-order valence-electron chi connectivity index (χ1n) is 4.86. The molecule has 0 bridgehead atoms. The van der Waals surface area contributed by atoms with Crippen LogP contribution in [0.3, 0.4) is 0 Å². The first-order chi connectivity index (χ1) is 7.25. The van der Waals surface area contributed by atoms with E-state index >= 15 is 0 Å². The summed E-state index contributed by atoms with van der Waals surface area (Å²) in [5, 5.41) is 11.5. The van der Waals surface area contributed by atoms with E-state index in [1.807, 2.05) is 31.2 Å². The largest absolute Gasteiger partial charge is 0.508 e. The summed E-state index contributed by atoms with van der Waals surface area (Å²) in [5.41, 5.74) is 2.75. The van der Waals surface area contributed by atoms with Gasteiger partial charge in [0.1, 0.15) is 16.9 Å². The van der Waals surface area contributed by atoms with E-state index in [1.54, 1.807) is 12.1 Å². The van der Waals surface area contributed by atoms with E-state index in [0.29, 0.717) is 0 Å². The Kier molecular flexibility index (Phi) is 1.54. The van der Waals surface area contributed by atoms with E-state index in [9.17, 15) is 5.11 Å². The number of benzene rings is 2. The zero-order valence-electron chi connectivity index (χ0n) is 8.32. The Morgan fingerprint density at radius 2 is 1.93 bits per heavy atom. The van der Waals surface area contributed by atoms with Crippen LogP contribution < -0.4 is 0 Å². The van der Waals surface area contributed by atoms with E-state index in [0.717, 1.165) is 27.5 Å². The lowest BCUT2D eigenvalue weighted by molar-refractivity contribution is 0.475. The molecule has 0 fully saturated rings. The van der Waals surface area contributed by atoms with Gasteiger partial charge in [0.05, 0.1) is 0 Å². The minimum atomic E-state index is 0.235. The van der Waals surface area contributed by atoms with Crippen molar-refractivity contribution in [1.82, 2.24) is 0 Å². The third-order valence-corrected chi connectivity index (χ3v) is 2.68. The number of aromatic hydroxyl groups is 1. The van der Waals surface area contributed by atoms with Crippen LogP contribution in [0.1, 0.15) is 5.56 Å². The van der Waals surface area contributed by atoms with Gasteiger partial charge in [-0.2, -0.15) is 0 Å². The van der Waals surface area contributed by atoms with E-state index in [2.05, 4.69) is 0 Å². The maximum absolute atomic E-state index is 9.36. The predicted molar refractivity (Wildman–Crippen MR) is 60.1 cm³/mol. The molecular weight excluding hydrogens is 188 g/mol. The van der Waals surface area contributed by atoms with Gasteiger partial charge in [0.15, 0.2) is 0 Å². The second-order valence-electron chi connectivity index (χ2n) is 3.73. The van der Waals surface area contributed by atoms with Crippen molar-refractivity contribution in [2.75, 3.05) is 0 Å². The zero-order valence-corrected chi connectivity index (χ0v) is 8.32. The molecular formula is C13H10O2. The molecule has 0 aliphatic rings. The van der Waals surface area contributed by atoms with Crippen molar-refractivity contribution in [3.8, 4) is 5.75 Å². The highest BCUT2D eigenvalue weighted by Crippen LogP contribution is 2.32. The molecule has 2 nitrogen and oxygen atoms in total. The van der Waals surface area contributed by atoms with Crippen molar-refractivity contribution in [1.29, 1.82) is 0 Å². The summed E-state index contributed by atoms with van der Waals surface area (Å²) in [6, 6.07) is 11.3. The lowest BCUT2D eigenvalue weighted by Crippen LogP contribution is -1.70. The SMILES string of the molecule is Cc1cccc2c1oc1cc(O)ccc12. The monoisotopic (exact) mass is 198 g/mol. The number of aryl methyl sites for hydroxylation is 1. The second-order valence-corrected chi connectivity index (χ2v) is 3.73. The fraction of sp³-hybridized carbons (Fsp3) is 0.0769. The van der Waals surface area contributed by atoms with Gasteiger partial charge in [0.2, 0.25) is 0 Å². The van der Waals surface area contributed by atoms with Gasteiger partial charge in [-0.1, -0.05) is 18.2 Å². The van der Waals surface area contributed by atoms with Gasteiger partial charge in [-0.15, -0.1) is 0 Å². The van der Waals surface area contributed by atoms with Crippen LogP contribution in [0.5, 0.6) is 5.75 Å². The molecule has 1 heterocycles. The minimum Gasteiger partial charge on any atom is -0.508 e. The molecule has 2 aromatic carbocycles. The molecule has 0 aliphatic carbocycles. The van der Waals surface area contributed by atoms with Crippen molar-refractivity contribution in [2.24, 2.45) is 0 Å². The van der Waals surface area contributed by atoms with Gasteiger partial charge in [-0.05, 0) is 24.6 Å². The van der Waals surface area contributed by atoms with Crippen molar-refractivity contribution in [2.45, 2.75) is 6.92 Å². The third kappa shape index (κ3) is 1.11. The standard InChI is InChI=1S/C13H10O2/c1-8-3-2-4-11-10-6-5-9(14)7-12(10)15-13(8)11/h2-7,14H,1H3. The Labute approximate surface area is 86.7 Å². The third-order valence-electron chi connectivity index (χ3n) is 2.68. The molecule has 0 atom stereocenters. The van der Waals surface area contributed by atoms with Crippen LogP contribution in [0.25, 0.3) is 21.9 Å². The highest BCUT2D eigenvalue weighted by atomic mass is 16.3. The average Bonchev–Trinajstić information content (AvgIpc) is 2.57. The number of para-hydroxylation sites is 1. The summed E-state index contributed by atoms with van der Waals surface area (Å²) in [5.74, 6) is 0.235. The fourth-order valence-electron chi connectivity index (χ4n) is 1.93. The molecule has 74 valence electrons. The first kappa shape index (κ1) is 8.36. The molecule has 2 heteroatoms. The van der Waals surface area contributed by atoms with Gasteiger partial charge in [-0.25, -0.2) is 0 Å². The molecule has 0 aliphatic heterocycles. The van der Waals surface area contributed by atoms with Crippen LogP contribution in [0.15, 0.2) is 40.8 Å². The van der Waals surface area contributed by atoms with Gasteiger partial charge < -0.3 is 9.52 Å². The molecule has 0 saturated heterocycles. The number of hydrogen-bond donors (Lipinski definition) is 1. The van der Waals surface area contributed by atoms with Crippen molar-refractivity contribution in [3.63, 3.8) is 0 Å². The van der Waals surface area contributed by atoms with Crippen LogP contribution in [0.4, 0.5) is 0 Å². The summed E-state index contributed by atoms with van der Waals surface area (Å²) < 4.78 is 5.70. The number of hydrogen-bond acceptors (Lipinski definition) is 2. The highest BCUT2D eigenvalue weighted by molar-refractivity contribution is 6.06. The lowest BCUT2D eigenvalue weighted by Gasteiger charge is -1.91. The van der Waals surface area contributed by atoms with Crippen LogP contribution in [-0.4, -0.2) is 5.11 Å². The Bertz CT molecular complexity index is 650. The number of rotatable bonds is 0. The molecule has 0 unspecified atom stereocenters. The topological polar surface area (TPSA) is 33.4 Å². The molecule has 0 spiro atoms. The van der Waals surface area contributed by atoms with Gasteiger partial charge in [0, 0.05) is 16.8 Å². The number of furan rings is 1. The molecule has 0 amide bonds. The highest BCUT2D eigenvalue weighted by Gasteiger charge is 2.08. The number of fused-ring (bicyclic) bond motifs is 3. The Hall–Kier alpha value is -1.96. The Morgan fingerprint density at radius 3 is 2.80 bits per heavy atom. The van der Waals surface area contributed by atoms with E-state index in [4.69, 9.17) is 4.42 Å². The molecule has 3 aromatic rings. The van der Waals surface area contributed by atoms with Crippen LogP contribution in [-0.2, 0) is 0 Å². The maximum atomic E-state index is 9.36. The van der Waals surface area contributed by atoms with Crippen molar-refractivity contribution >= 4 is 21.9 Å². The van der Waals surface area contributed by atoms with Crippen LogP contribution >= 0.6 is 0 Å². The van der Waals surface area contributed by atoms with Crippen LogP contribution in [0, 0.1) is 6.92 Å². The number of phenolic OH excluding ortho intramolecular Hbond substituents is 1. The first-order valence-corrected chi connectivity index (χ1v) is 4.86. The molecule has 0 saturated carbocycles. The van der Waals surface area contributed by atoms with Crippen LogP contribution in [0.2, 0.25) is 0 Å². The summed E-state index contributed by atoms with van der Waals surface area (Å²) in [7, 11) is 0. The Morgan fingerprint density at radius 1 is 1.07 bits per heavy atom. The lowest BCUT2D eigenvalue weighted by atomic mass is 10.1. The molecule has 3 rings (SSSR count). The van der Waals surface area contributed by atoms with Gasteiger partial charge >= 0.3 is 0 Å². The second kappa shape index (κ2) is 2.76. The van der Waals surface area contributed by atoms with E-state index in [-0.39, 0.29) is 5.75 Å². The smallest absolute Gasteiger partial charge is 0.139 e. The van der Waals surface area contributed by atoms with E-state index in [1.165, 1.54) is 0 Å². The van der Waals surface area contributed by atoms with Crippen molar-refractivity contribution in [3.05, 3.63) is 42.0 Å². The molecule has 1 N–H and O–H groups in total. The molecule has 0 radical (unpaired) electrons. The fourth-order valence-corrected chi connectivity index (χ4v) is 1.93. The summed E-state index contributed by atoms with van der Waals surface area (Å²) in [4.78, 5) is 0. The minimum absolute atomic E-state index is 0.235. The van der Waals surface area contributed by atoms with Gasteiger partial charge in [-0.3, -0.25) is 0 Å². The van der Waals surface area contributed by atoms with E-state index < -0.39 is 0 Å². The summed E-state index contributed by atoms with van der Waals surface area (Å²) in [6.45, 7) is 2.02. The quantitative estimate of drug-likeness (QED) is 0.598. The maximum Gasteiger partial charge on any atom is 0.139 e. The van der Waals surface area contributed by atoms with Crippen molar-refractivity contribution < 1.29 is 9.52 Å². The molecule has 15 heavy (non-hydrogen) atoms. The summed E-state index contributed by atoms with van der Waals surface area (Å²) >= 11 is 0. The zero-order chi connectivity index (χ0) is 10.4. The number of phenols is 1. The summed E-state index contributed by atoms with van der Waals surface area (Å²) in [6.07, 6.45) is 0. The predicted octanol–water partition coefficient (Wildman–Crippen LogP) is 3.60. The average molecular weight is 198 g/mol. The normalized spacial score (nSPS) is 11.3. The Balaban J connectivity index is 2.57.